The number of carbonyl (C=O) groups is 1. The van der Waals surface area contributed by atoms with E-state index in [1.807, 2.05) is 6.92 Å². The molecule has 1 saturated carbocycles. The van der Waals surface area contributed by atoms with Crippen molar-refractivity contribution in [3.63, 3.8) is 0 Å². The molecule has 7 heteroatoms. The highest BCUT2D eigenvalue weighted by molar-refractivity contribution is 7.89. The summed E-state index contributed by atoms with van der Waals surface area (Å²) in [5.41, 5.74) is 1.93. The third-order valence-electron chi connectivity index (χ3n) is 4.95. The zero-order valence-electron chi connectivity index (χ0n) is 14.6. The molecule has 0 radical (unpaired) electrons. The second kappa shape index (κ2) is 7.43. The van der Waals surface area contributed by atoms with Gasteiger partial charge in [-0.2, -0.15) is 4.31 Å². The lowest BCUT2D eigenvalue weighted by atomic mass is 10.00. The number of amides is 1. The number of fused-ring (bicyclic) bond motifs is 1. The minimum atomic E-state index is -3.47. The van der Waals surface area contributed by atoms with Crippen molar-refractivity contribution in [1.82, 2.24) is 9.21 Å². The van der Waals surface area contributed by atoms with E-state index in [1.54, 1.807) is 27.4 Å². The fraction of sp³-hybridized carbons (Fsp3) is 0.611. The molecule has 1 aromatic carbocycles. The van der Waals surface area contributed by atoms with Gasteiger partial charge in [0.05, 0.1) is 4.90 Å². The fourth-order valence-corrected chi connectivity index (χ4v) is 4.96. The first-order chi connectivity index (χ1) is 12.0. The van der Waals surface area contributed by atoms with Crippen LogP contribution in [0.5, 0.6) is 0 Å². The predicted molar refractivity (Wildman–Crippen MR) is 94.4 cm³/mol. The SMILES string of the molecule is CCCN(CC1CC1)S(=O)(=O)c1ccc2c(c1)CCN(C(=O)CO)C2. The summed E-state index contributed by atoms with van der Waals surface area (Å²) < 4.78 is 27.7. The Morgan fingerprint density at radius 2 is 2.08 bits per heavy atom. The zero-order chi connectivity index (χ0) is 18.0. The summed E-state index contributed by atoms with van der Waals surface area (Å²) in [4.78, 5) is 13.6. The second-order valence-corrected chi connectivity index (χ2v) is 8.90. The van der Waals surface area contributed by atoms with Crippen molar-refractivity contribution in [2.45, 2.75) is 44.0 Å². The van der Waals surface area contributed by atoms with Gasteiger partial charge in [-0.15, -0.1) is 0 Å². The summed E-state index contributed by atoms with van der Waals surface area (Å²) >= 11 is 0. The van der Waals surface area contributed by atoms with Crippen LogP contribution in [0.3, 0.4) is 0 Å². The Morgan fingerprint density at radius 3 is 2.72 bits per heavy atom. The van der Waals surface area contributed by atoms with Crippen LogP contribution in [-0.4, -0.2) is 54.9 Å². The van der Waals surface area contributed by atoms with Crippen LogP contribution < -0.4 is 0 Å². The molecule has 138 valence electrons. The number of aliphatic hydroxyl groups excluding tert-OH is 1. The van der Waals surface area contributed by atoms with Gasteiger partial charge in [-0.3, -0.25) is 4.79 Å². The number of carbonyl (C=O) groups excluding carboxylic acids is 1. The van der Waals surface area contributed by atoms with E-state index in [-0.39, 0.29) is 5.91 Å². The average Bonchev–Trinajstić information content (AvgIpc) is 3.43. The Bertz CT molecular complexity index is 743. The largest absolute Gasteiger partial charge is 0.387 e. The second-order valence-electron chi connectivity index (χ2n) is 6.96. The summed E-state index contributed by atoms with van der Waals surface area (Å²) in [5, 5.41) is 9.00. The smallest absolute Gasteiger partial charge is 0.248 e. The molecule has 0 unspecified atom stereocenters. The Labute approximate surface area is 149 Å². The number of aliphatic hydroxyl groups is 1. The molecule has 1 aliphatic carbocycles. The number of hydrogen-bond donors (Lipinski definition) is 1. The number of benzene rings is 1. The minimum absolute atomic E-state index is 0.291. The predicted octanol–water partition coefficient (Wildman–Crippen LogP) is 1.37. The lowest BCUT2D eigenvalue weighted by Crippen LogP contribution is -2.38. The summed E-state index contributed by atoms with van der Waals surface area (Å²) in [6.07, 6.45) is 3.65. The van der Waals surface area contributed by atoms with Crippen LogP contribution in [-0.2, 0) is 27.8 Å². The maximum Gasteiger partial charge on any atom is 0.248 e. The number of rotatable bonds is 7. The number of sulfonamides is 1. The first-order valence-electron chi connectivity index (χ1n) is 8.96. The van der Waals surface area contributed by atoms with Gasteiger partial charge in [-0.1, -0.05) is 13.0 Å². The standard InChI is InChI=1S/C18H26N2O4S/c1-2-8-20(11-14-3-4-14)25(23,24)17-6-5-16-12-19(18(22)13-21)9-7-15(16)10-17/h5-6,10,14,21H,2-4,7-9,11-13H2,1H3. The molecule has 0 spiro atoms. The summed E-state index contributed by atoms with van der Waals surface area (Å²) in [7, 11) is -3.47. The van der Waals surface area contributed by atoms with Gasteiger partial charge in [0, 0.05) is 26.2 Å². The Morgan fingerprint density at radius 1 is 1.32 bits per heavy atom. The molecule has 6 nitrogen and oxygen atoms in total. The lowest BCUT2D eigenvalue weighted by Gasteiger charge is -2.29. The average molecular weight is 366 g/mol. The molecule has 0 aromatic heterocycles. The highest BCUT2D eigenvalue weighted by atomic mass is 32.2. The first kappa shape index (κ1) is 18.4. The van der Waals surface area contributed by atoms with Gasteiger partial charge in [0.25, 0.3) is 0 Å². The van der Waals surface area contributed by atoms with E-state index in [2.05, 4.69) is 0 Å². The van der Waals surface area contributed by atoms with Crippen molar-refractivity contribution in [3.8, 4) is 0 Å². The minimum Gasteiger partial charge on any atom is -0.387 e. The monoisotopic (exact) mass is 366 g/mol. The van der Waals surface area contributed by atoms with Gasteiger partial charge in [0.15, 0.2) is 0 Å². The van der Waals surface area contributed by atoms with Crippen LogP contribution in [0.2, 0.25) is 0 Å². The molecule has 1 N–H and O–H groups in total. The van der Waals surface area contributed by atoms with Crippen LogP contribution in [0.15, 0.2) is 23.1 Å². The molecule has 1 aromatic rings. The van der Waals surface area contributed by atoms with E-state index in [0.29, 0.717) is 43.4 Å². The lowest BCUT2D eigenvalue weighted by molar-refractivity contribution is -0.135. The van der Waals surface area contributed by atoms with Gasteiger partial charge in [-0.05, 0) is 54.9 Å². The highest BCUT2D eigenvalue weighted by Gasteiger charge is 2.32. The van der Waals surface area contributed by atoms with Crippen molar-refractivity contribution in [2.24, 2.45) is 5.92 Å². The molecule has 1 amide bonds. The number of nitrogens with zero attached hydrogens (tertiary/aromatic N) is 2. The molecule has 25 heavy (non-hydrogen) atoms. The third kappa shape index (κ3) is 4.04. The molecule has 1 aliphatic heterocycles. The summed E-state index contributed by atoms with van der Waals surface area (Å²) in [6.45, 7) is 3.61. The Balaban J connectivity index is 1.82. The normalized spacial score (nSPS) is 17.6. The van der Waals surface area contributed by atoms with Crippen molar-refractivity contribution in [2.75, 3.05) is 26.2 Å². The van der Waals surface area contributed by atoms with Gasteiger partial charge in [0.2, 0.25) is 15.9 Å². The van der Waals surface area contributed by atoms with Gasteiger partial charge < -0.3 is 10.0 Å². The van der Waals surface area contributed by atoms with Gasteiger partial charge >= 0.3 is 0 Å². The maximum absolute atomic E-state index is 13.0. The highest BCUT2D eigenvalue weighted by Crippen LogP contribution is 2.32. The molecule has 1 fully saturated rings. The van der Waals surface area contributed by atoms with Crippen molar-refractivity contribution >= 4 is 15.9 Å². The Kier molecular flexibility index (Phi) is 5.46. The van der Waals surface area contributed by atoms with E-state index in [0.717, 1.165) is 30.4 Å². The van der Waals surface area contributed by atoms with Crippen LogP contribution in [0.25, 0.3) is 0 Å². The Hall–Kier alpha value is -1.44. The molecule has 1 heterocycles. The molecule has 3 rings (SSSR count). The summed E-state index contributed by atoms with van der Waals surface area (Å²) in [6, 6.07) is 5.22. The van der Waals surface area contributed by atoms with Crippen molar-refractivity contribution < 1.29 is 18.3 Å². The van der Waals surface area contributed by atoms with E-state index < -0.39 is 16.6 Å². The van der Waals surface area contributed by atoms with Crippen molar-refractivity contribution in [1.29, 1.82) is 0 Å². The van der Waals surface area contributed by atoms with Gasteiger partial charge in [0.1, 0.15) is 6.61 Å². The van der Waals surface area contributed by atoms with E-state index >= 15 is 0 Å². The molecular weight excluding hydrogens is 340 g/mol. The van der Waals surface area contributed by atoms with Crippen LogP contribution in [0, 0.1) is 5.92 Å². The van der Waals surface area contributed by atoms with E-state index in [4.69, 9.17) is 5.11 Å². The van der Waals surface area contributed by atoms with Crippen LogP contribution >= 0.6 is 0 Å². The number of hydrogen-bond acceptors (Lipinski definition) is 4. The molecule has 0 bridgehead atoms. The summed E-state index contributed by atoms with van der Waals surface area (Å²) in [5.74, 6) is 0.220. The van der Waals surface area contributed by atoms with E-state index in [9.17, 15) is 13.2 Å². The maximum atomic E-state index is 13.0. The molecule has 0 saturated heterocycles. The first-order valence-corrected chi connectivity index (χ1v) is 10.4. The fourth-order valence-electron chi connectivity index (χ4n) is 3.30. The topological polar surface area (TPSA) is 77.9 Å². The zero-order valence-corrected chi connectivity index (χ0v) is 15.5. The van der Waals surface area contributed by atoms with E-state index in [1.165, 1.54) is 0 Å². The van der Waals surface area contributed by atoms with Crippen molar-refractivity contribution in [3.05, 3.63) is 29.3 Å². The quantitative estimate of drug-likeness (QED) is 0.791. The van der Waals surface area contributed by atoms with Gasteiger partial charge in [-0.25, -0.2) is 8.42 Å². The van der Waals surface area contributed by atoms with Crippen LogP contribution in [0.1, 0.15) is 37.3 Å². The molecular formula is C18H26N2O4S. The van der Waals surface area contributed by atoms with Crippen LogP contribution in [0.4, 0.5) is 0 Å². The third-order valence-corrected chi connectivity index (χ3v) is 6.81. The molecule has 2 aliphatic rings. The molecule has 0 atom stereocenters.